The Bertz CT molecular complexity index is 507. The summed E-state index contributed by atoms with van der Waals surface area (Å²) in [7, 11) is 0. The molecule has 0 spiro atoms. The van der Waals surface area contributed by atoms with Gasteiger partial charge in [-0.15, -0.1) is 0 Å². The van der Waals surface area contributed by atoms with E-state index in [1.165, 1.54) is 0 Å². The number of carbonyl (C=O) groups excluding carboxylic acids is 2. The van der Waals surface area contributed by atoms with Crippen LogP contribution >= 0.6 is 23.2 Å². The molecule has 1 aromatic carbocycles. The van der Waals surface area contributed by atoms with E-state index >= 15 is 0 Å². The molecule has 1 amide bonds. The van der Waals surface area contributed by atoms with Gasteiger partial charge in [0.05, 0.1) is 6.42 Å². The SMILES string of the molecule is O=C(Cc1c(Cl)cccc1Cl)OCC(=O)N1CCCCC1. The number of esters is 1. The van der Waals surface area contributed by atoms with Crippen LogP contribution in [0, 0.1) is 0 Å². The highest BCUT2D eigenvalue weighted by Gasteiger charge is 2.18. The minimum atomic E-state index is -0.504. The second-order valence-corrected chi connectivity index (χ2v) is 5.79. The van der Waals surface area contributed by atoms with Crippen molar-refractivity contribution >= 4 is 35.1 Å². The van der Waals surface area contributed by atoms with Gasteiger partial charge in [-0.05, 0) is 31.4 Å². The minimum absolute atomic E-state index is 0.0359. The fourth-order valence-corrected chi connectivity index (χ4v) is 2.80. The van der Waals surface area contributed by atoms with Gasteiger partial charge in [0.1, 0.15) is 0 Å². The van der Waals surface area contributed by atoms with Crippen molar-refractivity contribution < 1.29 is 14.3 Å². The summed E-state index contributed by atoms with van der Waals surface area (Å²) < 4.78 is 5.02. The molecule has 1 saturated heterocycles. The zero-order valence-electron chi connectivity index (χ0n) is 11.6. The van der Waals surface area contributed by atoms with Crippen LogP contribution in [0.3, 0.4) is 0 Å². The van der Waals surface area contributed by atoms with Gasteiger partial charge in [0.2, 0.25) is 0 Å². The predicted molar refractivity (Wildman–Crippen MR) is 81.6 cm³/mol. The second kappa shape index (κ2) is 7.66. The minimum Gasteiger partial charge on any atom is -0.455 e. The van der Waals surface area contributed by atoms with Crippen LogP contribution < -0.4 is 0 Å². The van der Waals surface area contributed by atoms with Gasteiger partial charge < -0.3 is 9.64 Å². The summed E-state index contributed by atoms with van der Waals surface area (Å²) in [5, 5.41) is 0.837. The lowest BCUT2D eigenvalue weighted by Gasteiger charge is -2.26. The molecule has 4 nitrogen and oxygen atoms in total. The number of ether oxygens (including phenoxy) is 1. The molecule has 1 aromatic rings. The number of benzene rings is 1. The Morgan fingerprint density at radius 3 is 2.33 bits per heavy atom. The number of hydrogen-bond donors (Lipinski definition) is 0. The highest BCUT2D eigenvalue weighted by molar-refractivity contribution is 6.36. The molecule has 0 aliphatic carbocycles. The van der Waals surface area contributed by atoms with Crippen LogP contribution in [0.15, 0.2) is 18.2 Å². The number of halogens is 2. The summed E-state index contributed by atoms with van der Waals surface area (Å²) in [4.78, 5) is 25.4. The van der Waals surface area contributed by atoms with E-state index in [-0.39, 0.29) is 18.9 Å². The van der Waals surface area contributed by atoms with Crippen molar-refractivity contribution in [1.82, 2.24) is 4.90 Å². The van der Waals surface area contributed by atoms with Crippen molar-refractivity contribution in [3.05, 3.63) is 33.8 Å². The Balaban J connectivity index is 1.83. The molecule has 0 unspecified atom stereocenters. The first kappa shape index (κ1) is 16.1. The molecule has 114 valence electrons. The molecule has 1 aliphatic heterocycles. The van der Waals surface area contributed by atoms with Gasteiger partial charge >= 0.3 is 5.97 Å². The lowest BCUT2D eigenvalue weighted by molar-refractivity contribution is -0.151. The molecule has 1 heterocycles. The molecular weight excluding hydrogens is 313 g/mol. The van der Waals surface area contributed by atoms with Gasteiger partial charge in [0.25, 0.3) is 5.91 Å². The summed E-state index contributed by atoms with van der Waals surface area (Å²) in [6.45, 7) is 1.26. The van der Waals surface area contributed by atoms with E-state index in [0.29, 0.717) is 15.6 Å². The van der Waals surface area contributed by atoms with Crippen molar-refractivity contribution in [3.8, 4) is 0 Å². The molecule has 0 saturated carbocycles. The van der Waals surface area contributed by atoms with Crippen LogP contribution in [-0.4, -0.2) is 36.5 Å². The first-order valence-corrected chi connectivity index (χ1v) is 7.70. The number of nitrogens with zero attached hydrogens (tertiary/aromatic N) is 1. The van der Waals surface area contributed by atoms with E-state index in [2.05, 4.69) is 0 Å². The van der Waals surface area contributed by atoms with E-state index in [0.717, 1.165) is 32.4 Å². The van der Waals surface area contributed by atoms with Crippen LogP contribution in [0.4, 0.5) is 0 Å². The van der Waals surface area contributed by atoms with Gasteiger partial charge in [-0.2, -0.15) is 0 Å². The van der Waals surface area contributed by atoms with Crippen molar-refractivity contribution in [2.45, 2.75) is 25.7 Å². The Hall–Kier alpha value is -1.26. The van der Waals surface area contributed by atoms with Gasteiger partial charge in [0.15, 0.2) is 6.61 Å². The summed E-state index contributed by atoms with van der Waals surface area (Å²) >= 11 is 12.0. The molecular formula is C15H17Cl2NO3. The predicted octanol–water partition coefficient (Wildman–Crippen LogP) is 3.09. The van der Waals surface area contributed by atoms with Crippen molar-refractivity contribution in [3.63, 3.8) is 0 Å². The van der Waals surface area contributed by atoms with Crippen molar-refractivity contribution in [2.75, 3.05) is 19.7 Å². The number of piperidine rings is 1. The first-order chi connectivity index (χ1) is 10.1. The third-order valence-electron chi connectivity index (χ3n) is 3.45. The summed E-state index contributed by atoms with van der Waals surface area (Å²) in [5.41, 5.74) is 0.524. The third-order valence-corrected chi connectivity index (χ3v) is 4.16. The number of rotatable bonds is 4. The maximum atomic E-state index is 11.9. The summed E-state index contributed by atoms with van der Waals surface area (Å²) in [6.07, 6.45) is 3.13. The summed E-state index contributed by atoms with van der Waals surface area (Å²) in [6, 6.07) is 5.03. The molecule has 0 aromatic heterocycles. The average Bonchev–Trinajstić information content (AvgIpc) is 2.49. The van der Waals surface area contributed by atoms with E-state index in [1.807, 2.05) is 0 Å². The molecule has 1 fully saturated rings. The molecule has 6 heteroatoms. The highest BCUT2D eigenvalue weighted by Crippen LogP contribution is 2.24. The van der Waals surface area contributed by atoms with Crippen LogP contribution in [-0.2, 0) is 20.7 Å². The van der Waals surface area contributed by atoms with Crippen molar-refractivity contribution in [1.29, 1.82) is 0 Å². The highest BCUT2D eigenvalue weighted by atomic mass is 35.5. The fourth-order valence-electron chi connectivity index (χ4n) is 2.27. The van der Waals surface area contributed by atoms with Gasteiger partial charge in [0, 0.05) is 28.7 Å². The molecule has 21 heavy (non-hydrogen) atoms. The Kier molecular flexibility index (Phi) is 5.88. The Labute approximate surface area is 134 Å². The number of likely N-dealkylation sites (tertiary alicyclic amines) is 1. The summed E-state index contributed by atoms with van der Waals surface area (Å²) in [5.74, 6) is -0.649. The number of amides is 1. The Morgan fingerprint density at radius 2 is 1.71 bits per heavy atom. The number of hydrogen-bond acceptors (Lipinski definition) is 3. The van der Waals surface area contributed by atoms with E-state index in [9.17, 15) is 9.59 Å². The standard InChI is InChI=1S/C15H17Cl2NO3/c16-12-5-4-6-13(17)11(12)9-15(20)21-10-14(19)18-7-2-1-3-8-18/h4-6H,1-3,7-10H2. The number of carbonyl (C=O) groups is 2. The van der Waals surface area contributed by atoms with Crippen LogP contribution in [0.2, 0.25) is 10.0 Å². The van der Waals surface area contributed by atoms with E-state index in [1.54, 1.807) is 23.1 Å². The smallest absolute Gasteiger partial charge is 0.310 e. The van der Waals surface area contributed by atoms with Crippen molar-refractivity contribution in [2.24, 2.45) is 0 Å². The van der Waals surface area contributed by atoms with Gasteiger partial charge in [-0.25, -0.2) is 0 Å². The van der Waals surface area contributed by atoms with Crippen LogP contribution in [0.1, 0.15) is 24.8 Å². The van der Waals surface area contributed by atoms with E-state index in [4.69, 9.17) is 27.9 Å². The van der Waals surface area contributed by atoms with Crippen LogP contribution in [0.5, 0.6) is 0 Å². The third kappa shape index (κ3) is 4.61. The molecule has 0 radical (unpaired) electrons. The maximum absolute atomic E-state index is 11.9. The lowest BCUT2D eigenvalue weighted by atomic mass is 10.1. The normalized spacial score (nSPS) is 14.9. The maximum Gasteiger partial charge on any atom is 0.310 e. The molecule has 2 rings (SSSR count). The van der Waals surface area contributed by atoms with Gasteiger partial charge in [-0.3, -0.25) is 9.59 Å². The largest absolute Gasteiger partial charge is 0.455 e. The zero-order valence-corrected chi connectivity index (χ0v) is 13.1. The molecule has 1 aliphatic rings. The molecule has 0 atom stereocenters. The lowest BCUT2D eigenvalue weighted by Crippen LogP contribution is -2.38. The average molecular weight is 330 g/mol. The fraction of sp³-hybridized carbons (Fsp3) is 0.467. The quantitative estimate of drug-likeness (QED) is 0.797. The topological polar surface area (TPSA) is 46.6 Å². The van der Waals surface area contributed by atoms with Gasteiger partial charge in [-0.1, -0.05) is 29.3 Å². The molecule has 0 N–H and O–H groups in total. The first-order valence-electron chi connectivity index (χ1n) is 6.94. The second-order valence-electron chi connectivity index (χ2n) is 4.98. The van der Waals surface area contributed by atoms with Crippen LogP contribution in [0.25, 0.3) is 0 Å². The monoisotopic (exact) mass is 329 g/mol. The Morgan fingerprint density at radius 1 is 1.10 bits per heavy atom. The van der Waals surface area contributed by atoms with E-state index < -0.39 is 5.97 Å². The molecule has 0 bridgehead atoms. The zero-order chi connectivity index (χ0) is 15.2.